The van der Waals surface area contributed by atoms with Crippen LogP contribution < -0.4 is 5.73 Å². The van der Waals surface area contributed by atoms with Gasteiger partial charge in [0.15, 0.2) is 0 Å². The summed E-state index contributed by atoms with van der Waals surface area (Å²) in [4.78, 5) is 27.3. The molecule has 1 aromatic rings. The molecular formula is C15H21N3O2. The number of carbonyl (C=O) groups excluding carboxylic acids is 2. The fourth-order valence-electron chi connectivity index (χ4n) is 2.40. The maximum absolute atomic E-state index is 12.3. The van der Waals surface area contributed by atoms with Crippen molar-refractivity contribution in [1.29, 1.82) is 0 Å². The molecule has 1 fully saturated rings. The summed E-state index contributed by atoms with van der Waals surface area (Å²) >= 11 is 0. The third-order valence-corrected chi connectivity index (χ3v) is 3.63. The molecule has 1 heterocycles. The van der Waals surface area contributed by atoms with Crippen LogP contribution in [-0.4, -0.2) is 47.8 Å². The molecule has 108 valence electrons. The first-order valence-electron chi connectivity index (χ1n) is 6.94. The van der Waals surface area contributed by atoms with Crippen molar-refractivity contribution in [3.05, 3.63) is 29.8 Å². The second kappa shape index (κ2) is 6.41. The van der Waals surface area contributed by atoms with Crippen molar-refractivity contribution in [2.45, 2.75) is 19.8 Å². The molecule has 2 N–H and O–H groups in total. The molecule has 0 saturated carbocycles. The molecule has 5 nitrogen and oxygen atoms in total. The van der Waals surface area contributed by atoms with Gasteiger partial charge in [-0.3, -0.25) is 9.59 Å². The predicted molar refractivity (Wildman–Crippen MR) is 78.0 cm³/mol. The first-order valence-corrected chi connectivity index (χ1v) is 6.94. The number of nitrogen functional groups attached to an aromatic ring is 1. The van der Waals surface area contributed by atoms with Crippen LogP contribution in [0.25, 0.3) is 0 Å². The number of rotatable bonds is 2. The Morgan fingerprint density at radius 1 is 1.05 bits per heavy atom. The summed E-state index contributed by atoms with van der Waals surface area (Å²) in [5, 5.41) is 0. The average Bonchev–Trinajstić information content (AvgIpc) is 2.67. The molecule has 0 aliphatic carbocycles. The zero-order valence-electron chi connectivity index (χ0n) is 11.8. The van der Waals surface area contributed by atoms with E-state index in [4.69, 9.17) is 5.73 Å². The van der Waals surface area contributed by atoms with E-state index in [-0.39, 0.29) is 11.8 Å². The Labute approximate surface area is 119 Å². The van der Waals surface area contributed by atoms with Gasteiger partial charge in [-0.05, 0) is 24.1 Å². The molecular weight excluding hydrogens is 254 g/mol. The lowest BCUT2D eigenvalue weighted by Crippen LogP contribution is -2.37. The Morgan fingerprint density at radius 3 is 2.30 bits per heavy atom. The van der Waals surface area contributed by atoms with Crippen molar-refractivity contribution >= 4 is 17.5 Å². The van der Waals surface area contributed by atoms with Crippen LogP contribution in [-0.2, 0) is 16.0 Å². The second-order valence-corrected chi connectivity index (χ2v) is 5.16. The maximum atomic E-state index is 12.3. The fourth-order valence-corrected chi connectivity index (χ4v) is 2.40. The molecule has 5 heteroatoms. The molecule has 1 saturated heterocycles. The highest BCUT2D eigenvalue weighted by molar-refractivity contribution is 5.79. The molecule has 20 heavy (non-hydrogen) atoms. The van der Waals surface area contributed by atoms with Crippen LogP contribution in [0.5, 0.6) is 0 Å². The molecule has 1 aromatic carbocycles. The van der Waals surface area contributed by atoms with Crippen LogP contribution in [0.4, 0.5) is 5.69 Å². The summed E-state index contributed by atoms with van der Waals surface area (Å²) in [6.45, 7) is 4.28. The minimum atomic E-state index is 0.0813. The molecule has 0 unspecified atom stereocenters. The smallest absolute Gasteiger partial charge is 0.227 e. The molecule has 0 atom stereocenters. The number of nitrogens with zero attached hydrogens (tertiary/aromatic N) is 2. The zero-order valence-corrected chi connectivity index (χ0v) is 11.8. The highest BCUT2D eigenvalue weighted by Crippen LogP contribution is 2.10. The first kappa shape index (κ1) is 14.4. The van der Waals surface area contributed by atoms with E-state index in [1.54, 1.807) is 11.8 Å². The van der Waals surface area contributed by atoms with Gasteiger partial charge in [-0.25, -0.2) is 0 Å². The summed E-state index contributed by atoms with van der Waals surface area (Å²) in [6.07, 6.45) is 1.23. The quantitative estimate of drug-likeness (QED) is 0.815. The van der Waals surface area contributed by atoms with Crippen LogP contribution >= 0.6 is 0 Å². The number of hydrogen-bond acceptors (Lipinski definition) is 3. The van der Waals surface area contributed by atoms with Crippen molar-refractivity contribution in [2.75, 3.05) is 31.9 Å². The van der Waals surface area contributed by atoms with Gasteiger partial charge < -0.3 is 15.5 Å². The fraction of sp³-hybridized carbons (Fsp3) is 0.467. The number of nitrogens with two attached hydrogens (primary N) is 1. The summed E-state index contributed by atoms with van der Waals surface area (Å²) in [5.74, 6) is 0.193. The molecule has 0 bridgehead atoms. The molecule has 1 aliphatic heterocycles. The van der Waals surface area contributed by atoms with E-state index < -0.39 is 0 Å². The molecule has 0 spiro atoms. The minimum Gasteiger partial charge on any atom is -0.399 e. The van der Waals surface area contributed by atoms with E-state index >= 15 is 0 Å². The van der Waals surface area contributed by atoms with Crippen molar-refractivity contribution in [3.63, 3.8) is 0 Å². The van der Waals surface area contributed by atoms with E-state index in [0.29, 0.717) is 25.2 Å². The van der Waals surface area contributed by atoms with Crippen molar-refractivity contribution in [3.8, 4) is 0 Å². The topological polar surface area (TPSA) is 66.6 Å². The zero-order chi connectivity index (χ0) is 14.5. The third-order valence-electron chi connectivity index (χ3n) is 3.63. The van der Waals surface area contributed by atoms with E-state index in [2.05, 4.69) is 0 Å². The minimum absolute atomic E-state index is 0.0813. The highest BCUT2D eigenvalue weighted by Gasteiger charge is 2.20. The van der Waals surface area contributed by atoms with Crippen LogP contribution in [0.2, 0.25) is 0 Å². The molecule has 0 radical (unpaired) electrons. The maximum Gasteiger partial charge on any atom is 0.227 e. The Hall–Kier alpha value is -2.04. The van der Waals surface area contributed by atoms with Gasteiger partial charge in [-0.1, -0.05) is 12.1 Å². The van der Waals surface area contributed by atoms with Gasteiger partial charge in [0.05, 0.1) is 6.42 Å². The first-order chi connectivity index (χ1) is 9.56. The number of anilines is 1. The lowest BCUT2D eigenvalue weighted by molar-refractivity contribution is -0.132. The Kier molecular flexibility index (Phi) is 4.61. The lowest BCUT2D eigenvalue weighted by Gasteiger charge is -2.21. The van der Waals surface area contributed by atoms with E-state index in [9.17, 15) is 9.59 Å². The Morgan fingerprint density at radius 2 is 1.65 bits per heavy atom. The van der Waals surface area contributed by atoms with Gasteiger partial charge in [0, 0.05) is 38.8 Å². The van der Waals surface area contributed by atoms with Gasteiger partial charge in [0.1, 0.15) is 0 Å². The van der Waals surface area contributed by atoms with E-state index in [1.165, 1.54) is 0 Å². The summed E-state index contributed by atoms with van der Waals surface area (Å²) in [5.41, 5.74) is 7.30. The monoisotopic (exact) mass is 275 g/mol. The molecule has 0 aromatic heterocycles. The number of hydrogen-bond donors (Lipinski definition) is 1. The average molecular weight is 275 g/mol. The van der Waals surface area contributed by atoms with Crippen molar-refractivity contribution in [1.82, 2.24) is 9.80 Å². The highest BCUT2D eigenvalue weighted by atomic mass is 16.2. The van der Waals surface area contributed by atoms with Gasteiger partial charge in [-0.15, -0.1) is 0 Å². The predicted octanol–water partition coefficient (Wildman–Crippen LogP) is 0.892. The van der Waals surface area contributed by atoms with Crippen LogP contribution in [0.3, 0.4) is 0 Å². The van der Waals surface area contributed by atoms with E-state index in [0.717, 1.165) is 25.1 Å². The standard InChI is InChI=1S/C15H21N3O2/c1-12(19)17-7-2-8-18(10-9-17)15(20)11-13-3-5-14(16)6-4-13/h3-6H,2,7-11,16H2,1H3. The van der Waals surface area contributed by atoms with Gasteiger partial charge in [0.2, 0.25) is 11.8 Å². The van der Waals surface area contributed by atoms with Crippen LogP contribution in [0.15, 0.2) is 24.3 Å². The Balaban J connectivity index is 1.92. The SMILES string of the molecule is CC(=O)N1CCCN(C(=O)Cc2ccc(N)cc2)CC1. The van der Waals surface area contributed by atoms with Crippen LogP contribution in [0, 0.1) is 0 Å². The van der Waals surface area contributed by atoms with Crippen molar-refractivity contribution < 1.29 is 9.59 Å². The largest absolute Gasteiger partial charge is 0.399 e. The summed E-state index contributed by atoms with van der Waals surface area (Å²) < 4.78 is 0. The Bertz CT molecular complexity index is 484. The van der Waals surface area contributed by atoms with Gasteiger partial charge in [-0.2, -0.15) is 0 Å². The number of amides is 2. The normalized spacial score (nSPS) is 15.8. The van der Waals surface area contributed by atoms with E-state index in [1.807, 2.05) is 29.2 Å². The third kappa shape index (κ3) is 3.73. The molecule has 2 rings (SSSR count). The molecule has 2 amide bonds. The summed E-state index contributed by atoms with van der Waals surface area (Å²) in [6, 6.07) is 7.38. The van der Waals surface area contributed by atoms with Crippen LogP contribution in [0.1, 0.15) is 18.9 Å². The lowest BCUT2D eigenvalue weighted by atomic mass is 10.1. The van der Waals surface area contributed by atoms with Crippen molar-refractivity contribution in [2.24, 2.45) is 0 Å². The molecule has 1 aliphatic rings. The number of benzene rings is 1. The number of carbonyl (C=O) groups is 2. The summed E-state index contributed by atoms with van der Waals surface area (Å²) in [7, 11) is 0. The van der Waals surface area contributed by atoms with Gasteiger partial charge >= 0.3 is 0 Å². The second-order valence-electron chi connectivity index (χ2n) is 5.16. The van der Waals surface area contributed by atoms with Gasteiger partial charge in [0.25, 0.3) is 0 Å².